The van der Waals surface area contributed by atoms with Gasteiger partial charge in [-0.1, -0.05) is 31.4 Å². The van der Waals surface area contributed by atoms with Crippen LogP contribution in [0.4, 0.5) is 0 Å². The third-order valence-electron chi connectivity index (χ3n) is 4.39. The lowest BCUT2D eigenvalue weighted by Crippen LogP contribution is -2.55. The normalized spacial score (nSPS) is 26.5. The molecule has 2 rings (SSSR count). The quantitative estimate of drug-likeness (QED) is 0.730. The van der Waals surface area contributed by atoms with Gasteiger partial charge < -0.3 is 10.2 Å². The summed E-state index contributed by atoms with van der Waals surface area (Å²) in [4.78, 5) is 14.3. The van der Waals surface area contributed by atoms with Crippen molar-refractivity contribution in [1.82, 2.24) is 15.5 Å². The molecule has 1 aliphatic heterocycles. The van der Waals surface area contributed by atoms with Crippen LogP contribution in [-0.2, 0) is 4.79 Å². The van der Waals surface area contributed by atoms with E-state index in [2.05, 4.69) is 29.6 Å². The predicted octanol–water partition coefficient (Wildman–Crippen LogP) is 0.895. The first-order chi connectivity index (χ1) is 8.64. The van der Waals surface area contributed by atoms with Crippen molar-refractivity contribution >= 4 is 5.91 Å². The molecule has 0 spiro atoms. The second-order valence-corrected chi connectivity index (χ2v) is 5.71. The molecule has 2 aliphatic rings. The first kappa shape index (κ1) is 13.6. The van der Waals surface area contributed by atoms with E-state index in [1.54, 1.807) is 0 Å². The van der Waals surface area contributed by atoms with Crippen molar-refractivity contribution in [2.24, 2.45) is 0 Å². The maximum Gasteiger partial charge on any atom is 0.241 e. The summed E-state index contributed by atoms with van der Waals surface area (Å²) in [7, 11) is 4.26. The number of hydrogen-bond acceptors (Lipinski definition) is 3. The van der Waals surface area contributed by atoms with E-state index in [0.29, 0.717) is 0 Å². The van der Waals surface area contributed by atoms with Crippen molar-refractivity contribution < 1.29 is 4.79 Å². The van der Waals surface area contributed by atoms with Gasteiger partial charge in [0.15, 0.2) is 0 Å². The van der Waals surface area contributed by atoms with Gasteiger partial charge in [-0.3, -0.25) is 10.1 Å². The molecule has 1 aliphatic carbocycles. The van der Waals surface area contributed by atoms with Gasteiger partial charge in [-0.15, -0.1) is 0 Å². The fourth-order valence-electron chi connectivity index (χ4n) is 3.00. The molecule has 102 valence electrons. The minimum atomic E-state index is -0.132. The Labute approximate surface area is 110 Å². The summed E-state index contributed by atoms with van der Waals surface area (Å²) in [6, 6.07) is -0.132. The van der Waals surface area contributed by atoms with Crippen LogP contribution in [0.2, 0.25) is 0 Å². The maximum atomic E-state index is 12.0. The van der Waals surface area contributed by atoms with E-state index in [9.17, 15) is 4.79 Å². The van der Waals surface area contributed by atoms with Gasteiger partial charge in [0.1, 0.15) is 6.04 Å². The molecule has 1 unspecified atom stereocenters. The van der Waals surface area contributed by atoms with Crippen molar-refractivity contribution in [3.8, 4) is 0 Å². The third-order valence-corrected chi connectivity index (χ3v) is 4.39. The Morgan fingerprint density at radius 2 is 2.11 bits per heavy atom. The van der Waals surface area contributed by atoms with E-state index in [0.717, 1.165) is 13.1 Å². The first-order valence-electron chi connectivity index (χ1n) is 6.99. The molecule has 18 heavy (non-hydrogen) atoms. The van der Waals surface area contributed by atoms with Crippen LogP contribution < -0.4 is 10.6 Å². The average Bonchev–Trinajstić information content (AvgIpc) is 2.91. The van der Waals surface area contributed by atoms with E-state index in [1.165, 1.54) is 32.1 Å². The van der Waals surface area contributed by atoms with Gasteiger partial charge in [0, 0.05) is 18.6 Å². The van der Waals surface area contributed by atoms with E-state index < -0.39 is 0 Å². The van der Waals surface area contributed by atoms with Crippen LogP contribution in [0, 0.1) is 0 Å². The van der Waals surface area contributed by atoms with Gasteiger partial charge in [-0.05, 0) is 26.9 Å². The second kappa shape index (κ2) is 5.85. The molecule has 1 heterocycles. The van der Waals surface area contributed by atoms with Crippen molar-refractivity contribution in [3.05, 3.63) is 12.2 Å². The number of rotatable bonds is 4. The van der Waals surface area contributed by atoms with Crippen molar-refractivity contribution in [2.45, 2.75) is 43.7 Å². The molecule has 2 N–H and O–H groups in total. The van der Waals surface area contributed by atoms with Crippen LogP contribution in [0.5, 0.6) is 0 Å². The Hall–Kier alpha value is -0.870. The van der Waals surface area contributed by atoms with E-state index in [-0.39, 0.29) is 17.5 Å². The number of carbonyl (C=O) groups excluding carboxylic acids is 1. The topological polar surface area (TPSA) is 44.4 Å². The molecule has 0 bridgehead atoms. The largest absolute Gasteiger partial charge is 0.353 e. The number of likely N-dealkylation sites (N-methyl/N-ethyl adjacent to an activating group) is 1. The Kier molecular flexibility index (Phi) is 4.40. The van der Waals surface area contributed by atoms with Crippen molar-refractivity contribution in [1.29, 1.82) is 0 Å². The Bertz CT molecular complexity index is 319. The standard InChI is InChI=1S/C14H25N3O/c1-17(2)14(8-4-3-5-9-14)11-16-13(18)12-7-6-10-15-12/h6-7,12,15H,3-5,8-11H2,1-2H3,(H,16,18). The first-order valence-corrected chi connectivity index (χ1v) is 6.99. The summed E-state index contributed by atoms with van der Waals surface area (Å²) in [5.41, 5.74) is 0.163. The molecule has 1 saturated carbocycles. The van der Waals surface area contributed by atoms with Crippen LogP contribution >= 0.6 is 0 Å². The molecular weight excluding hydrogens is 226 g/mol. The second-order valence-electron chi connectivity index (χ2n) is 5.71. The molecular formula is C14H25N3O. The molecule has 4 heteroatoms. The lowest BCUT2D eigenvalue weighted by molar-refractivity contribution is -0.122. The summed E-state index contributed by atoms with van der Waals surface area (Å²) in [5.74, 6) is 0.107. The average molecular weight is 251 g/mol. The van der Waals surface area contributed by atoms with Crippen LogP contribution in [-0.4, -0.2) is 49.6 Å². The van der Waals surface area contributed by atoms with Crippen molar-refractivity contribution in [3.63, 3.8) is 0 Å². The molecule has 0 aromatic heterocycles. The molecule has 1 atom stereocenters. The smallest absolute Gasteiger partial charge is 0.241 e. The fraction of sp³-hybridized carbons (Fsp3) is 0.786. The fourth-order valence-corrected chi connectivity index (χ4v) is 3.00. The lowest BCUT2D eigenvalue weighted by atomic mass is 9.80. The molecule has 1 fully saturated rings. The third kappa shape index (κ3) is 2.93. The predicted molar refractivity (Wildman–Crippen MR) is 73.4 cm³/mol. The number of nitrogens with one attached hydrogen (secondary N) is 2. The minimum absolute atomic E-state index is 0.107. The highest BCUT2D eigenvalue weighted by molar-refractivity contribution is 5.84. The van der Waals surface area contributed by atoms with E-state index >= 15 is 0 Å². The summed E-state index contributed by atoms with van der Waals surface area (Å²) in [6.45, 7) is 1.57. The molecule has 4 nitrogen and oxygen atoms in total. The van der Waals surface area contributed by atoms with Gasteiger partial charge in [0.05, 0.1) is 0 Å². The van der Waals surface area contributed by atoms with Gasteiger partial charge in [0.2, 0.25) is 5.91 Å². The SMILES string of the molecule is CN(C)C1(CNC(=O)C2C=CCN2)CCCCC1. The van der Waals surface area contributed by atoms with Crippen LogP contribution in [0.25, 0.3) is 0 Å². The minimum Gasteiger partial charge on any atom is -0.353 e. The summed E-state index contributed by atoms with van der Waals surface area (Å²) >= 11 is 0. The molecule has 0 saturated heterocycles. The highest BCUT2D eigenvalue weighted by Gasteiger charge is 2.34. The van der Waals surface area contributed by atoms with E-state index in [1.807, 2.05) is 12.2 Å². The molecule has 1 amide bonds. The molecule has 0 aromatic rings. The van der Waals surface area contributed by atoms with Gasteiger partial charge in [-0.25, -0.2) is 0 Å². The van der Waals surface area contributed by atoms with Crippen molar-refractivity contribution in [2.75, 3.05) is 27.2 Å². The zero-order valence-corrected chi connectivity index (χ0v) is 11.5. The maximum absolute atomic E-state index is 12.0. The number of hydrogen-bond donors (Lipinski definition) is 2. The van der Waals surface area contributed by atoms with Gasteiger partial charge >= 0.3 is 0 Å². The highest BCUT2D eigenvalue weighted by atomic mass is 16.2. The van der Waals surface area contributed by atoms with Crippen LogP contribution in [0.3, 0.4) is 0 Å². The van der Waals surface area contributed by atoms with E-state index in [4.69, 9.17) is 0 Å². The summed E-state index contributed by atoms with van der Waals surface area (Å²) < 4.78 is 0. The number of amides is 1. The van der Waals surface area contributed by atoms with Crippen LogP contribution in [0.15, 0.2) is 12.2 Å². The highest BCUT2D eigenvalue weighted by Crippen LogP contribution is 2.31. The summed E-state index contributed by atoms with van der Waals surface area (Å²) in [5, 5.41) is 6.27. The van der Waals surface area contributed by atoms with Gasteiger partial charge in [-0.2, -0.15) is 0 Å². The lowest BCUT2D eigenvalue weighted by Gasteiger charge is -2.43. The van der Waals surface area contributed by atoms with Gasteiger partial charge in [0.25, 0.3) is 0 Å². The zero-order chi connectivity index (χ0) is 13.0. The van der Waals surface area contributed by atoms with Crippen LogP contribution in [0.1, 0.15) is 32.1 Å². The number of carbonyl (C=O) groups is 1. The Morgan fingerprint density at radius 3 is 2.67 bits per heavy atom. The Morgan fingerprint density at radius 1 is 1.39 bits per heavy atom. The Balaban J connectivity index is 1.89. The molecule has 0 aromatic carbocycles. The monoisotopic (exact) mass is 251 g/mol. The molecule has 0 radical (unpaired) electrons. The zero-order valence-electron chi connectivity index (χ0n) is 11.5. The number of nitrogens with zero attached hydrogens (tertiary/aromatic N) is 1. The summed E-state index contributed by atoms with van der Waals surface area (Å²) in [6.07, 6.45) is 10.2.